The van der Waals surface area contributed by atoms with Crippen LogP contribution in [0.15, 0.2) is 16.6 Å². The topological polar surface area (TPSA) is 30.5 Å². The van der Waals surface area contributed by atoms with Crippen molar-refractivity contribution < 1.29 is 9.47 Å². The molecule has 0 spiro atoms. The minimum Gasteiger partial charge on any atom is -0.454 e. The van der Waals surface area contributed by atoms with E-state index in [4.69, 9.17) is 9.47 Å². The van der Waals surface area contributed by atoms with Gasteiger partial charge in [-0.2, -0.15) is 0 Å². The molecule has 1 aromatic rings. The number of fused-ring (bicyclic) bond motifs is 1. The highest BCUT2D eigenvalue weighted by Crippen LogP contribution is 2.36. The molecule has 100 valence electrons. The quantitative estimate of drug-likeness (QED) is 0.899. The maximum atomic E-state index is 5.39. The number of halogens is 1. The molecular formula is C14H20BrNO2. The van der Waals surface area contributed by atoms with Crippen molar-refractivity contribution >= 4 is 15.9 Å². The van der Waals surface area contributed by atoms with Crippen LogP contribution in [-0.2, 0) is 6.54 Å². The lowest BCUT2D eigenvalue weighted by atomic mass is 10.0. The molecule has 4 heteroatoms. The summed E-state index contributed by atoms with van der Waals surface area (Å²) in [6.45, 7) is 7.87. The Morgan fingerprint density at radius 3 is 2.56 bits per heavy atom. The fraction of sp³-hybridized carbons (Fsp3) is 0.571. The molecule has 0 saturated carbocycles. The maximum absolute atomic E-state index is 5.39. The summed E-state index contributed by atoms with van der Waals surface area (Å²) in [5, 5.41) is 3.54. The van der Waals surface area contributed by atoms with E-state index in [2.05, 4.69) is 42.0 Å². The SMILES string of the molecule is CC(C)CC(C)NCc1cc2c(cc1Br)OCO2. The van der Waals surface area contributed by atoms with E-state index in [1.54, 1.807) is 0 Å². The lowest BCUT2D eigenvalue weighted by molar-refractivity contribution is 0.174. The van der Waals surface area contributed by atoms with Gasteiger partial charge in [0.25, 0.3) is 0 Å². The van der Waals surface area contributed by atoms with Crippen LogP contribution in [0.4, 0.5) is 0 Å². The Bertz CT molecular complexity index is 421. The van der Waals surface area contributed by atoms with Crippen LogP contribution in [0.2, 0.25) is 0 Å². The molecule has 1 heterocycles. The molecule has 0 radical (unpaired) electrons. The summed E-state index contributed by atoms with van der Waals surface area (Å²) in [7, 11) is 0. The summed E-state index contributed by atoms with van der Waals surface area (Å²) in [6.07, 6.45) is 1.18. The van der Waals surface area contributed by atoms with E-state index in [9.17, 15) is 0 Å². The van der Waals surface area contributed by atoms with Crippen LogP contribution in [0.3, 0.4) is 0 Å². The van der Waals surface area contributed by atoms with E-state index in [1.807, 2.05) is 12.1 Å². The summed E-state index contributed by atoms with van der Waals surface area (Å²) >= 11 is 3.58. The summed E-state index contributed by atoms with van der Waals surface area (Å²) in [6, 6.07) is 4.54. The van der Waals surface area contributed by atoms with Crippen LogP contribution >= 0.6 is 15.9 Å². The van der Waals surface area contributed by atoms with Gasteiger partial charge < -0.3 is 14.8 Å². The Balaban J connectivity index is 1.97. The first kappa shape index (κ1) is 13.7. The lowest BCUT2D eigenvalue weighted by Crippen LogP contribution is -2.26. The summed E-state index contributed by atoms with van der Waals surface area (Å²) in [4.78, 5) is 0. The van der Waals surface area contributed by atoms with E-state index in [1.165, 1.54) is 12.0 Å². The van der Waals surface area contributed by atoms with E-state index in [0.29, 0.717) is 18.8 Å². The molecule has 0 bridgehead atoms. The fourth-order valence-corrected chi connectivity index (χ4v) is 2.63. The van der Waals surface area contributed by atoms with Gasteiger partial charge in [-0.25, -0.2) is 0 Å². The predicted molar refractivity (Wildman–Crippen MR) is 76.0 cm³/mol. The third-order valence-electron chi connectivity index (χ3n) is 3.01. The van der Waals surface area contributed by atoms with Gasteiger partial charge in [0.05, 0.1) is 0 Å². The summed E-state index contributed by atoms with van der Waals surface area (Å²) < 4.78 is 11.8. The van der Waals surface area contributed by atoms with Crippen molar-refractivity contribution in [1.29, 1.82) is 0 Å². The van der Waals surface area contributed by atoms with Crippen LogP contribution in [-0.4, -0.2) is 12.8 Å². The van der Waals surface area contributed by atoms with Crippen LogP contribution in [0.25, 0.3) is 0 Å². The first-order valence-corrected chi connectivity index (χ1v) is 7.17. The zero-order valence-electron chi connectivity index (χ0n) is 11.1. The van der Waals surface area contributed by atoms with Gasteiger partial charge in [-0.05, 0) is 37.0 Å². The third-order valence-corrected chi connectivity index (χ3v) is 3.75. The monoisotopic (exact) mass is 313 g/mol. The molecule has 2 rings (SSSR count). The zero-order chi connectivity index (χ0) is 13.1. The van der Waals surface area contributed by atoms with Crippen molar-refractivity contribution in [2.75, 3.05) is 6.79 Å². The van der Waals surface area contributed by atoms with Gasteiger partial charge in [-0.1, -0.05) is 29.8 Å². The lowest BCUT2D eigenvalue weighted by Gasteiger charge is -2.16. The molecule has 1 unspecified atom stereocenters. The highest BCUT2D eigenvalue weighted by molar-refractivity contribution is 9.10. The number of rotatable bonds is 5. The molecule has 0 fully saturated rings. The second-order valence-corrected chi connectivity index (χ2v) is 6.06. The Morgan fingerprint density at radius 2 is 1.89 bits per heavy atom. The van der Waals surface area contributed by atoms with Crippen molar-refractivity contribution in [3.8, 4) is 11.5 Å². The van der Waals surface area contributed by atoms with Crippen molar-refractivity contribution in [3.63, 3.8) is 0 Å². The molecule has 1 aromatic carbocycles. The molecule has 1 atom stereocenters. The van der Waals surface area contributed by atoms with E-state index in [-0.39, 0.29) is 0 Å². The molecule has 1 aliphatic heterocycles. The highest BCUT2D eigenvalue weighted by Gasteiger charge is 2.16. The van der Waals surface area contributed by atoms with Crippen molar-refractivity contribution in [1.82, 2.24) is 5.32 Å². The Labute approximate surface area is 117 Å². The number of hydrogen-bond acceptors (Lipinski definition) is 3. The van der Waals surface area contributed by atoms with E-state index < -0.39 is 0 Å². The average molecular weight is 314 g/mol. The first-order valence-electron chi connectivity index (χ1n) is 6.37. The molecule has 0 aliphatic carbocycles. The molecule has 18 heavy (non-hydrogen) atoms. The van der Waals surface area contributed by atoms with Gasteiger partial charge in [-0.3, -0.25) is 0 Å². The first-order chi connectivity index (χ1) is 8.56. The number of hydrogen-bond donors (Lipinski definition) is 1. The van der Waals surface area contributed by atoms with Crippen LogP contribution in [0.1, 0.15) is 32.8 Å². The van der Waals surface area contributed by atoms with Crippen molar-refractivity contribution in [2.45, 2.75) is 39.8 Å². The van der Waals surface area contributed by atoms with Gasteiger partial charge in [-0.15, -0.1) is 0 Å². The Morgan fingerprint density at radius 1 is 1.22 bits per heavy atom. The second-order valence-electron chi connectivity index (χ2n) is 5.21. The molecule has 0 aromatic heterocycles. The van der Waals surface area contributed by atoms with E-state index >= 15 is 0 Å². The normalized spacial score (nSPS) is 15.2. The minimum absolute atomic E-state index is 0.322. The van der Waals surface area contributed by atoms with Crippen LogP contribution in [0, 0.1) is 5.92 Å². The zero-order valence-corrected chi connectivity index (χ0v) is 12.7. The summed E-state index contributed by atoms with van der Waals surface area (Å²) in [5.74, 6) is 2.38. The summed E-state index contributed by atoms with van der Waals surface area (Å²) in [5.41, 5.74) is 1.20. The molecule has 1 N–H and O–H groups in total. The Hall–Kier alpha value is -0.740. The number of ether oxygens (including phenoxy) is 2. The average Bonchev–Trinajstić information content (AvgIpc) is 2.71. The van der Waals surface area contributed by atoms with E-state index in [0.717, 1.165) is 22.5 Å². The van der Waals surface area contributed by atoms with Gasteiger partial charge in [0.15, 0.2) is 11.5 Å². The smallest absolute Gasteiger partial charge is 0.231 e. The third kappa shape index (κ3) is 3.39. The number of benzene rings is 1. The Kier molecular flexibility index (Phi) is 4.51. The number of nitrogens with one attached hydrogen (secondary N) is 1. The maximum Gasteiger partial charge on any atom is 0.231 e. The largest absolute Gasteiger partial charge is 0.454 e. The van der Waals surface area contributed by atoms with Gasteiger partial charge >= 0.3 is 0 Å². The van der Waals surface area contributed by atoms with Gasteiger partial charge in [0.2, 0.25) is 6.79 Å². The predicted octanol–water partition coefficient (Wildman–Crippen LogP) is 3.70. The molecule has 1 aliphatic rings. The molecule has 0 saturated heterocycles. The van der Waals surface area contributed by atoms with Crippen LogP contribution in [0.5, 0.6) is 11.5 Å². The van der Waals surface area contributed by atoms with Gasteiger partial charge in [0, 0.05) is 17.1 Å². The fourth-order valence-electron chi connectivity index (χ4n) is 2.17. The van der Waals surface area contributed by atoms with Crippen LogP contribution < -0.4 is 14.8 Å². The minimum atomic E-state index is 0.322. The second kappa shape index (κ2) is 5.93. The molecule has 0 amide bonds. The standard InChI is InChI=1S/C14H20BrNO2/c1-9(2)4-10(3)16-7-11-5-13-14(6-12(11)15)18-8-17-13/h5-6,9-10,16H,4,7-8H2,1-3H3. The molecular weight excluding hydrogens is 294 g/mol. The van der Waals surface area contributed by atoms with Crippen molar-refractivity contribution in [2.24, 2.45) is 5.92 Å². The van der Waals surface area contributed by atoms with Gasteiger partial charge in [0.1, 0.15) is 0 Å². The van der Waals surface area contributed by atoms with Crippen molar-refractivity contribution in [3.05, 3.63) is 22.2 Å². The molecule has 3 nitrogen and oxygen atoms in total. The highest BCUT2D eigenvalue weighted by atomic mass is 79.9.